The molecule has 4 atom stereocenters. The first-order chi connectivity index (χ1) is 12.6. The number of nitrogens with zero attached hydrogens (tertiary/aromatic N) is 1. The number of aldehydes is 1. The number of carbonyl (C=O) groups excluding carboxylic acids is 3. The van der Waals surface area contributed by atoms with E-state index in [1.54, 1.807) is 19.2 Å². The van der Waals surface area contributed by atoms with Gasteiger partial charge in [0.15, 0.2) is 6.61 Å². The second-order valence-electron chi connectivity index (χ2n) is 5.89. The van der Waals surface area contributed by atoms with Gasteiger partial charge in [0.1, 0.15) is 34.4 Å². The molecule has 9 heteroatoms. The molecule has 2 fully saturated rings. The summed E-state index contributed by atoms with van der Waals surface area (Å²) in [6.07, 6.45) is 2.60. The number of benzene rings is 1. The minimum absolute atomic E-state index is 0.172. The van der Waals surface area contributed by atoms with Gasteiger partial charge in [-0.1, -0.05) is 18.2 Å². The number of para-hydroxylation sites is 1. The average molecular weight is 396 g/mol. The fraction of sp³-hybridized carbons (Fsp3) is 0.471. The van der Waals surface area contributed by atoms with Gasteiger partial charge in [0.25, 0.3) is 5.91 Å². The lowest BCUT2D eigenvalue weighted by atomic mass is 10.00. The van der Waals surface area contributed by atoms with Crippen molar-refractivity contribution < 1.29 is 23.9 Å². The molecule has 0 aliphatic carbocycles. The van der Waals surface area contributed by atoms with E-state index in [9.17, 15) is 14.4 Å². The molecule has 1 N–H and O–H groups in total. The third kappa shape index (κ3) is 3.30. The Bertz CT molecular complexity index is 683. The molecule has 2 saturated heterocycles. The van der Waals surface area contributed by atoms with Crippen molar-refractivity contribution >= 4 is 41.6 Å². The van der Waals surface area contributed by atoms with Crippen LogP contribution in [0.3, 0.4) is 0 Å². The summed E-state index contributed by atoms with van der Waals surface area (Å²) in [4.78, 5) is 37.0. The zero-order chi connectivity index (χ0) is 18.7. The fourth-order valence-corrected chi connectivity index (χ4v) is 5.80. The van der Waals surface area contributed by atoms with Crippen molar-refractivity contribution in [2.75, 3.05) is 25.7 Å². The summed E-state index contributed by atoms with van der Waals surface area (Å²) in [5.41, 5.74) is 0. The molecule has 0 bridgehead atoms. The zero-order valence-electron chi connectivity index (χ0n) is 14.4. The maximum Gasteiger partial charge on any atom is 0.258 e. The molecule has 7 nitrogen and oxygen atoms in total. The van der Waals surface area contributed by atoms with Crippen LogP contribution in [0.5, 0.6) is 5.75 Å². The Morgan fingerprint density at radius 3 is 2.81 bits per heavy atom. The molecule has 2 heterocycles. The summed E-state index contributed by atoms with van der Waals surface area (Å²) < 4.78 is 10.9. The summed E-state index contributed by atoms with van der Waals surface area (Å²) in [6, 6.07) is 7.66. The Balaban J connectivity index is 1.60. The van der Waals surface area contributed by atoms with E-state index in [4.69, 9.17) is 9.47 Å². The van der Waals surface area contributed by atoms with Crippen molar-refractivity contribution in [1.82, 2.24) is 10.2 Å². The Labute approximate surface area is 160 Å². The van der Waals surface area contributed by atoms with Gasteiger partial charge in [-0.3, -0.25) is 9.59 Å². The molecule has 1 aromatic rings. The third-order valence-electron chi connectivity index (χ3n) is 4.54. The highest BCUT2D eigenvalue weighted by Gasteiger charge is 2.60. The van der Waals surface area contributed by atoms with Crippen LogP contribution >= 0.6 is 23.5 Å². The monoisotopic (exact) mass is 396 g/mol. The van der Waals surface area contributed by atoms with Gasteiger partial charge in [-0.2, -0.15) is 0 Å². The highest BCUT2D eigenvalue weighted by atomic mass is 32.2. The van der Waals surface area contributed by atoms with Crippen molar-refractivity contribution in [2.45, 2.75) is 22.4 Å². The van der Waals surface area contributed by atoms with Crippen LogP contribution < -0.4 is 10.1 Å². The van der Waals surface area contributed by atoms with Crippen LogP contribution in [0.25, 0.3) is 0 Å². The van der Waals surface area contributed by atoms with Crippen LogP contribution in [-0.2, 0) is 19.1 Å². The molecular formula is C17H20N2O5S2. The van der Waals surface area contributed by atoms with E-state index in [2.05, 4.69) is 5.32 Å². The highest BCUT2D eigenvalue weighted by molar-refractivity contribution is 8.04. The van der Waals surface area contributed by atoms with E-state index in [0.717, 1.165) is 6.29 Å². The van der Waals surface area contributed by atoms with Crippen molar-refractivity contribution in [1.29, 1.82) is 0 Å². The first-order valence-corrected chi connectivity index (χ1v) is 10.3. The number of thioether (sulfide) groups is 2. The van der Waals surface area contributed by atoms with Crippen LogP contribution in [0.4, 0.5) is 0 Å². The molecule has 0 radical (unpaired) electrons. The molecule has 26 heavy (non-hydrogen) atoms. The van der Waals surface area contributed by atoms with E-state index in [1.165, 1.54) is 28.4 Å². The summed E-state index contributed by atoms with van der Waals surface area (Å²) in [7, 11) is 1.54. The molecule has 1 unspecified atom stereocenters. The number of rotatable bonds is 7. The van der Waals surface area contributed by atoms with E-state index < -0.39 is 17.0 Å². The van der Waals surface area contributed by atoms with Gasteiger partial charge in [-0.25, -0.2) is 0 Å². The molecule has 3 rings (SSSR count). The van der Waals surface area contributed by atoms with Gasteiger partial charge >= 0.3 is 0 Å². The van der Waals surface area contributed by atoms with Crippen molar-refractivity contribution in [3.05, 3.63) is 30.3 Å². The Hall–Kier alpha value is -1.71. The maximum absolute atomic E-state index is 12.5. The molecule has 140 valence electrons. The minimum atomic E-state index is -0.760. The molecule has 2 aliphatic heterocycles. The number of hydrogen-bond donors (Lipinski definition) is 1. The maximum atomic E-state index is 12.5. The SMILES string of the molecule is CO[C@]1(SC)CS[C@H]2[C@H](NC(=O)COc3ccccc3)C(=O)N2C1C=O. The summed E-state index contributed by atoms with van der Waals surface area (Å²) in [5.74, 6) is 0.489. The van der Waals surface area contributed by atoms with Gasteiger partial charge in [-0.05, 0) is 18.4 Å². The van der Waals surface area contributed by atoms with Crippen molar-refractivity contribution in [3.63, 3.8) is 0 Å². The zero-order valence-corrected chi connectivity index (χ0v) is 16.0. The standard InChI is InChI=1S/C17H20N2O5S2/c1-23-17(25-2)10-26-16-14(15(22)19(16)12(17)8-20)18-13(21)9-24-11-6-4-3-5-7-11/h3-8,12,14,16H,9-10H2,1-2H3,(H,18,21)/t12?,14-,16+,17+/m1/s1. The predicted octanol–water partition coefficient (Wildman–Crippen LogP) is 0.738. The van der Waals surface area contributed by atoms with Crippen LogP contribution in [0.15, 0.2) is 30.3 Å². The number of β-lactam (4-membered cyclic amide) rings is 1. The lowest BCUT2D eigenvalue weighted by molar-refractivity contribution is -0.160. The quantitative estimate of drug-likeness (QED) is 0.413. The number of hydrogen-bond acceptors (Lipinski definition) is 7. The molecule has 2 amide bonds. The van der Waals surface area contributed by atoms with E-state index in [1.807, 2.05) is 24.5 Å². The number of amides is 2. The predicted molar refractivity (Wildman–Crippen MR) is 100 cm³/mol. The second-order valence-corrected chi connectivity index (χ2v) is 8.10. The lowest BCUT2D eigenvalue weighted by Gasteiger charge is -2.57. The number of nitrogens with one attached hydrogen (secondary N) is 1. The molecule has 0 spiro atoms. The van der Waals surface area contributed by atoms with Crippen LogP contribution in [-0.4, -0.2) is 71.1 Å². The van der Waals surface area contributed by atoms with Gasteiger partial charge < -0.3 is 24.5 Å². The van der Waals surface area contributed by atoms with Crippen LogP contribution in [0.2, 0.25) is 0 Å². The molecule has 0 aromatic heterocycles. The van der Waals surface area contributed by atoms with Gasteiger partial charge in [-0.15, -0.1) is 23.5 Å². The number of methoxy groups -OCH3 is 1. The molecule has 0 saturated carbocycles. The highest BCUT2D eigenvalue weighted by Crippen LogP contribution is 2.46. The third-order valence-corrected chi connectivity index (χ3v) is 7.40. The Morgan fingerprint density at radius 1 is 1.46 bits per heavy atom. The van der Waals surface area contributed by atoms with E-state index in [-0.39, 0.29) is 23.8 Å². The summed E-state index contributed by atoms with van der Waals surface area (Å²) >= 11 is 2.91. The summed E-state index contributed by atoms with van der Waals surface area (Å²) in [6.45, 7) is -0.172. The van der Waals surface area contributed by atoms with Gasteiger partial charge in [0, 0.05) is 12.9 Å². The van der Waals surface area contributed by atoms with Crippen LogP contribution in [0, 0.1) is 0 Å². The topological polar surface area (TPSA) is 84.9 Å². The van der Waals surface area contributed by atoms with Crippen molar-refractivity contribution in [2.24, 2.45) is 0 Å². The normalized spacial score (nSPS) is 30.2. The van der Waals surface area contributed by atoms with Crippen molar-refractivity contribution in [3.8, 4) is 5.75 Å². The van der Waals surface area contributed by atoms with Gasteiger partial charge in [0.2, 0.25) is 5.91 Å². The van der Waals surface area contributed by atoms with Gasteiger partial charge in [0.05, 0.1) is 0 Å². The smallest absolute Gasteiger partial charge is 0.258 e. The fourth-order valence-electron chi connectivity index (χ4n) is 3.08. The second kappa shape index (κ2) is 7.89. The number of ether oxygens (including phenoxy) is 2. The Kier molecular flexibility index (Phi) is 5.79. The Morgan fingerprint density at radius 2 is 2.19 bits per heavy atom. The largest absolute Gasteiger partial charge is 0.484 e. The van der Waals surface area contributed by atoms with E-state index in [0.29, 0.717) is 11.5 Å². The van der Waals surface area contributed by atoms with E-state index >= 15 is 0 Å². The first-order valence-electron chi connectivity index (χ1n) is 8.03. The van der Waals surface area contributed by atoms with Crippen LogP contribution in [0.1, 0.15) is 0 Å². The number of carbonyl (C=O) groups is 3. The average Bonchev–Trinajstić information content (AvgIpc) is 2.69. The molecular weight excluding hydrogens is 376 g/mol. The minimum Gasteiger partial charge on any atom is -0.484 e. The lowest BCUT2D eigenvalue weighted by Crippen LogP contribution is -2.78. The molecule has 1 aromatic carbocycles. The first kappa shape index (κ1) is 19.1. The molecule has 2 aliphatic rings. The number of fused-ring (bicyclic) bond motifs is 1. The summed E-state index contributed by atoms with van der Waals surface area (Å²) in [5, 5.41) is 2.43.